The lowest BCUT2D eigenvalue weighted by Gasteiger charge is -2.73. The molecule has 6 rings (SSSR count). The fourth-order valence-corrected chi connectivity index (χ4v) is 5.16. The highest BCUT2D eigenvalue weighted by Crippen LogP contribution is 2.81. The van der Waals surface area contributed by atoms with Gasteiger partial charge in [-0.05, 0) is 37.0 Å². The van der Waals surface area contributed by atoms with Gasteiger partial charge in [0.25, 0.3) is 5.92 Å². The maximum absolute atomic E-state index is 15.6. The van der Waals surface area contributed by atoms with Gasteiger partial charge in [0, 0.05) is 34.9 Å². The van der Waals surface area contributed by atoms with Crippen molar-refractivity contribution < 1.29 is 45.3 Å². The number of hydrogen-bond acceptors (Lipinski definition) is 5. The minimum Gasteiger partial charge on any atom is -0.460 e. The zero-order chi connectivity index (χ0) is 23.9. The van der Waals surface area contributed by atoms with Crippen LogP contribution in [-0.2, 0) is 15.8 Å². The Kier molecular flexibility index (Phi) is 4.59. The van der Waals surface area contributed by atoms with Crippen molar-refractivity contribution in [3.63, 3.8) is 0 Å². The maximum Gasteiger partial charge on any atom is 0.417 e. The topological polar surface area (TPSA) is 67.8 Å². The van der Waals surface area contributed by atoms with Gasteiger partial charge in [0.15, 0.2) is 11.7 Å². The molecule has 2 heterocycles. The quantitative estimate of drug-likeness (QED) is 0.481. The second-order valence-corrected chi connectivity index (χ2v) is 9.03. The van der Waals surface area contributed by atoms with Crippen LogP contribution in [-0.4, -0.2) is 46.5 Å². The number of aromatic nitrogens is 2. The Balaban J connectivity index is 1.27. The summed E-state index contributed by atoms with van der Waals surface area (Å²) in [6.45, 7) is -1.46. The third-order valence-corrected chi connectivity index (χ3v) is 6.99. The van der Waals surface area contributed by atoms with Gasteiger partial charge in [-0.2, -0.15) is 13.2 Å². The molecule has 1 aromatic heterocycles. The Morgan fingerprint density at radius 1 is 1.06 bits per heavy atom. The van der Waals surface area contributed by atoms with E-state index in [4.69, 9.17) is 14.6 Å². The van der Waals surface area contributed by atoms with Gasteiger partial charge in [-0.1, -0.05) is 0 Å². The molecular weight excluding hydrogens is 461 g/mol. The first-order valence-corrected chi connectivity index (χ1v) is 10.0. The summed E-state index contributed by atoms with van der Waals surface area (Å²) in [5.74, 6) is -5.37. The van der Waals surface area contributed by atoms with Crippen molar-refractivity contribution in [3.05, 3.63) is 53.4 Å². The standard InChI is InChI=1S/C21H17F7N2O3/c22-12-1-2-13(14(23)3-12)19(10-33-19)21(27,28)18-7-17(8-18,9-18)11-4-29-16(30-5-11)32-6-15(31)20(24,25)26/h1-5,15,31H,6-10H2. The van der Waals surface area contributed by atoms with Crippen LogP contribution in [0.15, 0.2) is 30.6 Å². The van der Waals surface area contributed by atoms with E-state index < -0.39 is 52.9 Å². The Hall–Kier alpha value is -2.47. The summed E-state index contributed by atoms with van der Waals surface area (Å²) < 4.78 is 105. The van der Waals surface area contributed by atoms with Gasteiger partial charge >= 0.3 is 12.2 Å². The number of aliphatic hydroxyl groups excluding tert-OH is 1. The van der Waals surface area contributed by atoms with Crippen LogP contribution in [0, 0.1) is 17.0 Å². The van der Waals surface area contributed by atoms with Crippen molar-refractivity contribution in [1.29, 1.82) is 0 Å². The average Bonchev–Trinajstić information content (AvgIpc) is 3.46. The van der Waals surface area contributed by atoms with Gasteiger partial charge in [0.05, 0.1) is 6.61 Å². The molecule has 178 valence electrons. The molecule has 0 radical (unpaired) electrons. The Morgan fingerprint density at radius 2 is 1.67 bits per heavy atom. The van der Waals surface area contributed by atoms with E-state index in [1.54, 1.807) is 0 Å². The largest absolute Gasteiger partial charge is 0.460 e. The summed E-state index contributed by atoms with van der Waals surface area (Å²) in [5.41, 5.74) is -4.02. The summed E-state index contributed by atoms with van der Waals surface area (Å²) in [6.07, 6.45) is -4.74. The lowest BCUT2D eigenvalue weighted by molar-refractivity contribution is -0.306. The van der Waals surface area contributed by atoms with Crippen LogP contribution in [0.2, 0.25) is 0 Å². The van der Waals surface area contributed by atoms with Crippen LogP contribution in [0.5, 0.6) is 6.01 Å². The van der Waals surface area contributed by atoms with E-state index in [0.717, 1.165) is 12.1 Å². The molecule has 12 heteroatoms. The number of alkyl halides is 5. The summed E-state index contributed by atoms with van der Waals surface area (Å²) in [4.78, 5) is 7.62. The van der Waals surface area contributed by atoms with E-state index in [9.17, 15) is 22.0 Å². The van der Waals surface area contributed by atoms with E-state index in [2.05, 4.69) is 9.97 Å². The number of halogens is 7. The first-order chi connectivity index (χ1) is 15.3. The molecular formula is C21H17F7N2O3. The number of epoxide rings is 1. The lowest BCUT2D eigenvalue weighted by atomic mass is 9.31. The molecule has 3 saturated carbocycles. The molecule has 0 amide bonds. The Labute approximate surface area is 182 Å². The van der Waals surface area contributed by atoms with Crippen LogP contribution >= 0.6 is 0 Å². The predicted octanol–water partition coefficient (Wildman–Crippen LogP) is 4.04. The molecule has 1 N–H and O–H groups in total. The molecule has 1 saturated heterocycles. The van der Waals surface area contributed by atoms with Crippen LogP contribution in [0.1, 0.15) is 30.4 Å². The fourth-order valence-electron chi connectivity index (χ4n) is 5.16. The Morgan fingerprint density at radius 3 is 2.18 bits per heavy atom. The molecule has 4 fully saturated rings. The van der Waals surface area contributed by atoms with Crippen molar-refractivity contribution in [2.45, 2.75) is 48.5 Å². The van der Waals surface area contributed by atoms with Crippen molar-refractivity contribution >= 4 is 0 Å². The van der Waals surface area contributed by atoms with Crippen molar-refractivity contribution in [3.8, 4) is 6.01 Å². The maximum atomic E-state index is 15.6. The van der Waals surface area contributed by atoms with Crippen LogP contribution in [0.4, 0.5) is 30.7 Å². The van der Waals surface area contributed by atoms with Gasteiger partial charge in [0.2, 0.25) is 0 Å². The number of aliphatic hydroxyl groups is 1. The van der Waals surface area contributed by atoms with E-state index in [1.807, 2.05) is 0 Å². The van der Waals surface area contributed by atoms with Gasteiger partial charge in [-0.3, -0.25) is 0 Å². The molecule has 33 heavy (non-hydrogen) atoms. The predicted molar refractivity (Wildman–Crippen MR) is 96.5 cm³/mol. The summed E-state index contributed by atoms with van der Waals surface area (Å²) >= 11 is 0. The molecule has 2 bridgehead atoms. The van der Waals surface area contributed by atoms with Crippen molar-refractivity contribution in [2.24, 2.45) is 5.41 Å². The Bertz CT molecular complexity index is 1070. The highest BCUT2D eigenvalue weighted by Gasteiger charge is 2.85. The number of nitrogens with zero attached hydrogens (tertiary/aromatic N) is 2. The van der Waals surface area contributed by atoms with Crippen LogP contribution < -0.4 is 4.74 Å². The summed E-state index contributed by atoms with van der Waals surface area (Å²) in [5, 5.41) is 8.94. The van der Waals surface area contributed by atoms with Crippen molar-refractivity contribution in [2.75, 3.05) is 13.2 Å². The minimum atomic E-state index is -4.84. The van der Waals surface area contributed by atoms with Gasteiger partial charge < -0.3 is 14.6 Å². The number of ether oxygens (including phenoxy) is 2. The molecule has 4 aliphatic rings. The highest BCUT2D eigenvalue weighted by atomic mass is 19.4. The molecule has 2 atom stereocenters. The second-order valence-electron chi connectivity index (χ2n) is 9.03. The van der Waals surface area contributed by atoms with E-state index in [1.165, 1.54) is 12.4 Å². The molecule has 5 nitrogen and oxygen atoms in total. The zero-order valence-corrected chi connectivity index (χ0v) is 16.8. The molecule has 2 unspecified atom stereocenters. The van der Waals surface area contributed by atoms with E-state index in [0.29, 0.717) is 11.6 Å². The normalized spacial score (nSPS) is 31.4. The highest BCUT2D eigenvalue weighted by molar-refractivity contribution is 5.43. The monoisotopic (exact) mass is 478 g/mol. The van der Waals surface area contributed by atoms with E-state index >= 15 is 8.78 Å². The number of hydrogen-bond donors (Lipinski definition) is 1. The van der Waals surface area contributed by atoms with Crippen molar-refractivity contribution in [1.82, 2.24) is 9.97 Å². The third-order valence-electron chi connectivity index (χ3n) is 6.99. The second kappa shape index (κ2) is 6.78. The van der Waals surface area contributed by atoms with E-state index in [-0.39, 0.29) is 37.4 Å². The molecule has 3 aliphatic carbocycles. The van der Waals surface area contributed by atoms with Gasteiger partial charge in [0.1, 0.15) is 18.2 Å². The lowest BCUT2D eigenvalue weighted by Crippen LogP contribution is -2.74. The van der Waals surface area contributed by atoms with Crippen LogP contribution in [0.3, 0.4) is 0 Å². The van der Waals surface area contributed by atoms with Crippen LogP contribution in [0.25, 0.3) is 0 Å². The van der Waals surface area contributed by atoms with Gasteiger partial charge in [-0.25, -0.2) is 27.5 Å². The number of benzene rings is 1. The average molecular weight is 478 g/mol. The minimum absolute atomic E-state index is 0.0667. The zero-order valence-electron chi connectivity index (χ0n) is 16.8. The third kappa shape index (κ3) is 3.13. The molecule has 2 aromatic rings. The molecule has 1 aliphatic heterocycles. The van der Waals surface area contributed by atoms with Gasteiger partial charge in [-0.15, -0.1) is 0 Å². The fraction of sp³-hybridized carbons (Fsp3) is 0.524. The summed E-state index contributed by atoms with van der Waals surface area (Å²) in [7, 11) is 0. The smallest absolute Gasteiger partial charge is 0.417 e. The first kappa shape index (κ1) is 22.3. The molecule has 0 spiro atoms. The molecule has 1 aromatic carbocycles. The number of rotatable bonds is 7. The summed E-state index contributed by atoms with van der Waals surface area (Å²) in [6, 6.07) is 2.06. The first-order valence-electron chi connectivity index (χ1n) is 10.0. The SMILES string of the molecule is OC(COc1ncc(C23CC(C(F)(F)C4(c5ccc(F)cc5F)CO4)(C2)C3)cn1)C(F)(F)F.